The molecule has 0 aromatic carbocycles. The van der Waals surface area contributed by atoms with Crippen molar-refractivity contribution in [2.45, 2.75) is 83.2 Å². The Morgan fingerprint density at radius 1 is 0.882 bits per heavy atom. The SMILES string of the molecule is C/C(=N\C1CCCCC1)N(C)C1CCCCC1. The average Bonchev–Trinajstić information content (AvgIpc) is 2.40. The highest BCUT2D eigenvalue weighted by atomic mass is 15.2. The van der Waals surface area contributed by atoms with Crippen molar-refractivity contribution in [2.24, 2.45) is 4.99 Å². The zero-order chi connectivity index (χ0) is 12.1. The van der Waals surface area contributed by atoms with Crippen molar-refractivity contribution in [3.8, 4) is 0 Å². The van der Waals surface area contributed by atoms with E-state index in [1.807, 2.05) is 0 Å². The second-order valence-electron chi connectivity index (χ2n) is 5.87. The van der Waals surface area contributed by atoms with Crippen molar-refractivity contribution in [1.82, 2.24) is 4.90 Å². The molecule has 0 aromatic rings. The molecule has 2 rings (SSSR count). The van der Waals surface area contributed by atoms with Gasteiger partial charge in [0.2, 0.25) is 0 Å². The van der Waals surface area contributed by atoms with Crippen molar-refractivity contribution < 1.29 is 0 Å². The summed E-state index contributed by atoms with van der Waals surface area (Å²) < 4.78 is 0. The van der Waals surface area contributed by atoms with Gasteiger partial charge in [-0.25, -0.2) is 0 Å². The lowest BCUT2D eigenvalue weighted by atomic mass is 9.94. The fourth-order valence-corrected chi connectivity index (χ4v) is 3.30. The van der Waals surface area contributed by atoms with Crippen LogP contribution in [0.2, 0.25) is 0 Å². The highest BCUT2D eigenvalue weighted by Crippen LogP contribution is 2.24. The summed E-state index contributed by atoms with van der Waals surface area (Å²) in [7, 11) is 2.25. The van der Waals surface area contributed by atoms with Gasteiger partial charge >= 0.3 is 0 Å². The van der Waals surface area contributed by atoms with Gasteiger partial charge in [0.05, 0.1) is 11.9 Å². The number of hydrogen-bond acceptors (Lipinski definition) is 1. The monoisotopic (exact) mass is 236 g/mol. The zero-order valence-corrected chi connectivity index (χ0v) is 11.6. The van der Waals surface area contributed by atoms with Crippen LogP contribution in [0, 0.1) is 0 Å². The molecule has 17 heavy (non-hydrogen) atoms. The summed E-state index contributed by atoms with van der Waals surface area (Å²) in [4.78, 5) is 7.41. The normalized spacial score (nSPS) is 24.9. The van der Waals surface area contributed by atoms with E-state index in [2.05, 4.69) is 18.9 Å². The fourth-order valence-electron chi connectivity index (χ4n) is 3.30. The standard InChI is InChI=1S/C15H28N2/c1-13(16-14-9-5-3-6-10-14)17(2)15-11-7-4-8-12-15/h14-15H,3-12H2,1-2H3/b16-13+. The summed E-state index contributed by atoms with van der Waals surface area (Å²) in [5, 5.41) is 0. The third kappa shape index (κ3) is 3.72. The molecular weight excluding hydrogens is 208 g/mol. The molecule has 2 heteroatoms. The maximum absolute atomic E-state index is 4.95. The first-order valence-corrected chi connectivity index (χ1v) is 7.54. The molecule has 98 valence electrons. The van der Waals surface area contributed by atoms with Gasteiger partial charge < -0.3 is 4.90 Å². The van der Waals surface area contributed by atoms with Crippen LogP contribution in [-0.4, -0.2) is 29.9 Å². The number of nitrogens with zero attached hydrogens (tertiary/aromatic N) is 2. The molecule has 0 radical (unpaired) electrons. The lowest BCUT2D eigenvalue weighted by Gasteiger charge is -2.33. The van der Waals surface area contributed by atoms with E-state index in [1.54, 1.807) is 0 Å². The summed E-state index contributed by atoms with van der Waals surface area (Å²) in [6.07, 6.45) is 13.8. The quantitative estimate of drug-likeness (QED) is 0.522. The van der Waals surface area contributed by atoms with Gasteiger partial charge in [-0.3, -0.25) is 4.99 Å². The highest BCUT2D eigenvalue weighted by Gasteiger charge is 2.20. The first kappa shape index (κ1) is 12.9. The van der Waals surface area contributed by atoms with Crippen LogP contribution in [0.25, 0.3) is 0 Å². The maximum atomic E-state index is 4.95. The lowest BCUT2D eigenvalue weighted by molar-refractivity contribution is 0.275. The van der Waals surface area contributed by atoms with Crippen LogP contribution in [0.15, 0.2) is 4.99 Å². The maximum Gasteiger partial charge on any atom is 0.0960 e. The molecule has 0 saturated heterocycles. The molecule has 0 bridgehead atoms. The minimum absolute atomic E-state index is 0.620. The molecule has 2 nitrogen and oxygen atoms in total. The Kier molecular flexibility index (Phi) is 4.87. The Morgan fingerprint density at radius 2 is 1.41 bits per heavy atom. The summed E-state index contributed by atoms with van der Waals surface area (Å²) in [5.74, 6) is 1.28. The van der Waals surface area contributed by atoms with Crippen LogP contribution in [0.4, 0.5) is 0 Å². The van der Waals surface area contributed by atoms with Gasteiger partial charge in [-0.1, -0.05) is 38.5 Å². The molecule has 2 saturated carbocycles. The topological polar surface area (TPSA) is 15.6 Å². The van der Waals surface area contributed by atoms with Crippen LogP contribution >= 0.6 is 0 Å². The molecule has 0 N–H and O–H groups in total. The van der Waals surface area contributed by atoms with Gasteiger partial charge in [0.25, 0.3) is 0 Å². The fraction of sp³-hybridized carbons (Fsp3) is 0.933. The predicted octanol–water partition coefficient (Wildman–Crippen LogP) is 4.00. The molecule has 0 aromatic heterocycles. The van der Waals surface area contributed by atoms with Crippen molar-refractivity contribution in [2.75, 3.05) is 7.05 Å². The third-order valence-corrected chi connectivity index (χ3v) is 4.58. The van der Waals surface area contributed by atoms with Gasteiger partial charge in [-0.15, -0.1) is 0 Å². The number of amidine groups is 1. The van der Waals surface area contributed by atoms with E-state index in [0.29, 0.717) is 6.04 Å². The first-order valence-electron chi connectivity index (χ1n) is 7.54. The molecule has 0 heterocycles. The largest absolute Gasteiger partial charge is 0.361 e. The molecular formula is C15H28N2. The minimum Gasteiger partial charge on any atom is -0.361 e. The lowest BCUT2D eigenvalue weighted by Crippen LogP contribution is -2.37. The zero-order valence-electron chi connectivity index (χ0n) is 11.6. The summed E-state index contributed by atoms with van der Waals surface area (Å²) in [6.45, 7) is 2.21. The Labute approximate surface area is 106 Å². The van der Waals surface area contributed by atoms with E-state index in [9.17, 15) is 0 Å². The number of rotatable bonds is 2. The highest BCUT2D eigenvalue weighted by molar-refractivity contribution is 5.79. The van der Waals surface area contributed by atoms with Gasteiger partial charge in [-0.2, -0.15) is 0 Å². The second kappa shape index (κ2) is 6.42. The van der Waals surface area contributed by atoms with Crippen LogP contribution in [0.3, 0.4) is 0 Å². The molecule has 0 atom stereocenters. The Hall–Kier alpha value is -0.530. The van der Waals surface area contributed by atoms with Crippen molar-refractivity contribution >= 4 is 5.84 Å². The first-order chi connectivity index (χ1) is 8.27. The molecule has 2 aliphatic carbocycles. The molecule has 0 amide bonds. The van der Waals surface area contributed by atoms with Gasteiger partial charge in [0.1, 0.15) is 0 Å². The minimum atomic E-state index is 0.620. The second-order valence-corrected chi connectivity index (χ2v) is 5.87. The number of hydrogen-bond donors (Lipinski definition) is 0. The van der Waals surface area contributed by atoms with Gasteiger partial charge in [0, 0.05) is 13.1 Å². The van der Waals surface area contributed by atoms with Crippen LogP contribution in [0.5, 0.6) is 0 Å². The third-order valence-electron chi connectivity index (χ3n) is 4.58. The molecule has 0 aliphatic heterocycles. The molecule has 2 aliphatic rings. The Balaban J connectivity index is 1.87. The summed E-state index contributed by atoms with van der Waals surface area (Å²) in [6, 6.07) is 1.38. The van der Waals surface area contributed by atoms with Crippen molar-refractivity contribution in [3.63, 3.8) is 0 Å². The molecule has 0 unspecified atom stereocenters. The average molecular weight is 236 g/mol. The van der Waals surface area contributed by atoms with E-state index in [-0.39, 0.29) is 0 Å². The van der Waals surface area contributed by atoms with E-state index < -0.39 is 0 Å². The molecule has 2 fully saturated rings. The smallest absolute Gasteiger partial charge is 0.0960 e. The van der Waals surface area contributed by atoms with E-state index in [1.165, 1.54) is 70.0 Å². The summed E-state index contributed by atoms with van der Waals surface area (Å²) >= 11 is 0. The Bertz CT molecular complexity index is 248. The predicted molar refractivity (Wildman–Crippen MR) is 74.6 cm³/mol. The van der Waals surface area contributed by atoms with E-state index >= 15 is 0 Å². The van der Waals surface area contributed by atoms with Gasteiger partial charge in [0.15, 0.2) is 0 Å². The van der Waals surface area contributed by atoms with Crippen LogP contribution in [-0.2, 0) is 0 Å². The van der Waals surface area contributed by atoms with Crippen molar-refractivity contribution in [3.05, 3.63) is 0 Å². The van der Waals surface area contributed by atoms with Crippen molar-refractivity contribution in [1.29, 1.82) is 0 Å². The van der Waals surface area contributed by atoms with E-state index in [4.69, 9.17) is 4.99 Å². The van der Waals surface area contributed by atoms with E-state index in [0.717, 1.165) is 6.04 Å². The number of aliphatic imine (C=N–C) groups is 1. The van der Waals surface area contributed by atoms with Gasteiger partial charge in [-0.05, 0) is 32.6 Å². The van der Waals surface area contributed by atoms with Crippen LogP contribution in [0.1, 0.15) is 71.1 Å². The molecule has 0 spiro atoms. The Morgan fingerprint density at radius 3 is 2.00 bits per heavy atom. The van der Waals surface area contributed by atoms with Crippen LogP contribution < -0.4 is 0 Å². The summed E-state index contributed by atoms with van der Waals surface area (Å²) in [5.41, 5.74) is 0.